The lowest BCUT2D eigenvalue weighted by atomic mass is 9.95. The molecule has 0 aliphatic carbocycles. The molecule has 20 heavy (non-hydrogen) atoms. The van der Waals surface area contributed by atoms with Crippen molar-refractivity contribution in [3.63, 3.8) is 0 Å². The smallest absolute Gasteiger partial charge is 0.255 e. The van der Waals surface area contributed by atoms with E-state index in [9.17, 15) is 4.79 Å². The number of amides is 1. The highest BCUT2D eigenvalue weighted by Gasteiger charge is 2.25. The van der Waals surface area contributed by atoms with Crippen molar-refractivity contribution in [2.45, 2.75) is 24.2 Å². The van der Waals surface area contributed by atoms with E-state index in [2.05, 4.69) is 15.9 Å². The number of benzene rings is 1. The van der Waals surface area contributed by atoms with Gasteiger partial charge in [-0.1, -0.05) is 27.5 Å². The predicted molar refractivity (Wildman–Crippen MR) is 90.3 cm³/mol. The van der Waals surface area contributed by atoms with E-state index >= 15 is 0 Å². The van der Waals surface area contributed by atoms with Gasteiger partial charge in [0.2, 0.25) is 0 Å². The molecule has 0 aromatic heterocycles. The summed E-state index contributed by atoms with van der Waals surface area (Å²) in [7, 11) is 0. The van der Waals surface area contributed by atoms with Gasteiger partial charge in [0, 0.05) is 23.3 Å². The summed E-state index contributed by atoms with van der Waals surface area (Å²) in [6, 6.07) is 5.68. The van der Waals surface area contributed by atoms with Gasteiger partial charge in [-0.3, -0.25) is 4.79 Å². The summed E-state index contributed by atoms with van der Waals surface area (Å²) in [6.45, 7) is 1.70. The maximum Gasteiger partial charge on any atom is 0.255 e. The number of piperidine rings is 1. The molecular weight excluding hydrogens is 358 g/mol. The first-order valence-corrected chi connectivity index (χ1v) is 9.57. The molecule has 2 rings (SSSR count). The Balaban J connectivity index is 2.14. The normalized spacial score (nSPS) is 19.1. The largest absolute Gasteiger partial charge is 0.338 e. The van der Waals surface area contributed by atoms with Crippen LogP contribution in [0.3, 0.4) is 0 Å². The molecule has 0 radical (unpaired) electrons. The number of thioether (sulfide) groups is 1. The third-order valence-corrected chi connectivity index (χ3v) is 5.24. The zero-order chi connectivity index (χ0) is 14.5. The van der Waals surface area contributed by atoms with Gasteiger partial charge < -0.3 is 4.90 Å². The molecule has 1 aliphatic rings. The van der Waals surface area contributed by atoms with E-state index in [-0.39, 0.29) is 5.91 Å². The molecule has 0 N–H and O–H groups in total. The molecular formula is C15H19BrClNOS. The summed E-state index contributed by atoms with van der Waals surface area (Å²) in [5, 5.41) is 1.55. The molecule has 1 fully saturated rings. The molecule has 5 heteroatoms. The first-order valence-electron chi connectivity index (χ1n) is 6.84. The average Bonchev–Trinajstić information content (AvgIpc) is 2.48. The number of alkyl halides is 1. The Morgan fingerprint density at radius 3 is 3.05 bits per heavy atom. The summed E-state index contributed by atoms with van der Waals surface area (Å²) in [5.74, 6) is 0.680. The van der Waals surface area contributed by atoms with Crippen LogP contribution in [0, 0.1) is 5.92 Å². The number of rotatable bonds is 4. The number of nitrogens with zero attached hydrogens (tertiary/aromatic N) is 1. The molecule has 1 aliphatic heterocycles. The van der Waals surface area contributed by atoms with Gasteiger partial charge in [-0.05, 0) is 49.6 Å². The second kappa shape index (κ2) is 7.71. The maximum atomic E-state index is 12.7. The Hall–Kier alpha value is -0.190. The van der Waals surface area contributed by atoms with Crippen molar-refractivity contribution in [1.29, 1.82) is 0 Å². The summed E-state index contributed by atoms with van der Waals surface area (Å²) in [6.07, 6.45) is 5.43. The standard InChI is InChI=1S/C15H19BrClNOS/c1-20-12-4-5-14(17)13(9-12)15(19)18-8-2-3-11(10-18)6-7-16/h4-5,9,11H,2-3,6-8,10H2,1H3. The number of carbonyl (C=O) groups excluding carboxylic acids is 1. The van der Waals surface area contributed by atoms with Gasteiger partial charge in [-0.25, -0.2) is 0 Å². The van der Waals surface area contributed by atoms with E-state index in [1.165, 1.54) is 6.42 Å². The van der Waals surface area contributed by atoms with E-state index in [1.54, 1.807) is 11.8 Å². The molecule has 0 spiro atoms. The highest BCUT2D eigenvalue weighted by atomic mass is 79.9. The van der Waals surface area contributed by atoms with Crippen LogP contribution in [0.5, 0.6) is 0 Å². The minimum absolute atomic E-state index is 0.0742. The van der Waals surface area contributed by atoms with Crippen molar-refractivity contribution in [2.75, 3.05) is 24.7 Å². The lowest BCUT2D eigenvalue weighted by Crippen LogP contribution is -2.40. The molecule has 1 amide bonds. The molecule has 1 saturated heterocycles. The topological polar surface area (TPSA) is 20.3 Å². The fourth-order valence-corrected chi connectivity index (χ4v) is 3.89. The molecule has 0 saturated carbocycles. The van der Waals surface area contributed by atoms with Crippen LogP contribution in [0.1, 0.15) is 29.6 Å². The SMILES string of the molecule is CSc1ccc(Cl)c(C(=O)N2CCCC(CCBr)C2)c1. The van der Waals surface area contributed by atoms with Crippen molar-refractivity contribution >= 4 is 45.2 Å². The van der Waals surface area contributed by atoms with Crippen LogP contribution in [0.25, 0.3) is 0 Å². The molecule has 1 heterocycles. The van der Waals surface area contributed by atoms with Crippen molar-refractivity contribution in [1.82, 2.24) is 4.90 Å². The zero-order valence-corrected chi connectivity index (χ0v) is 14.7. The second-order valence-corrected chi connectivity index (χ2v) is 7.16. The van der Waals surface area contributed by atoms with Crippen LogP contribution < -0.4 is 0 Å². The van der Waals surface area contributed by atoms with Gasteiger partial charge in [-0.2, -0.15) is 0 Å². The van der Waals surface area contributed by atoms with Crippen LogP contribution in [0.2, 0.25) is 5.02 Å². The highest BCUT2D eigenvalue weighted by molar-refractivity contribution is 9.09. The summed E-state index contributed by atoms with van der Waals surface area (Å²) in [4.78, 5) is 15.7. The second-order valence-electron chi connectivity index (χ2n) is 5.08. The van der Waals surface area contributed by atoms with Crippen molar-refractivity contribution in [2.24, 2.45) is 5.92 Å². The zero-order valence-electron chi connectivity index (χ0n) is 11.6. The molecule has 0 bridgehead atoms. The van der Waals surface area contributed by atoms with Crippen LogP contribution in [0.4, 0.5) is 0 Å². The van der Waals surface area contributed by atoms with Gasteiger partial charge in [0.25, 0.3) is 5.91 Å². The van der Waals surface area contributed by atoms with E-state index in [1.807, 2.05) is 29.4 Å². The van der Waals surface area contributed by atoms with Gasteiger partial charge in [0.05, 0.1) is 10.6 Å². The van der Waals surface area contributed by atoms with Crippen LogP contribution in [-0.2, 0) is 0 Å². The maximum absolute atomic E-state index is 12.7. The Bertz CT molecular complexity index is 481. The van der Waals surface area contributed by atoms with Gasteiger partial charge in [0.15, 0.2) is 0 Å². The Morgan fingerprint density at radius 2 is 2.35 bits per heavy atom. The first-order chi connectivity index (χ1) is 9.65. The third-order valence-electron chi connectivity index (χ3n) is 3.73. The van der Waals surface area contributed by atoms with Gasteiger partial charge in [0.1, 0.15) is 0 Å². The van der Waals surface area contributed by atoms with Crippen LogP contribution >= 0.6 is 39.3 Å². The Morgan fingerprint density at radius 1 is 1.55 bits per heavy atom. The third kappa shape index (κ3) is 3.92. The number of halogens is 2. The fraction of sp³-hybridized carbons (Fsp3) is 0.533. The van der Waals surface area contributed by atoms with E-state index in [0.29, 0.717) is 16.5 Å². The van der Waals surface area contributed by atoms with Crippen LogP contribution in [0.15, 0.2) is 23.1 Å². The number of hydrogen-bond donors (Lipinski definition) is 0. The lowest BCUT2D eigenvalue weighted by Gasteiger charge is -2.33. The monoisotopic (exact) mass is 375 g/mol. The van der Waals surface area contributed by atoms with Crippen molar-refractivity contribution < 1.29 is 4.79 Å². The highest BCUT2D eigenvalue weighted by Crippen LogP contribution is 2.27. The summed E-state index contributed by atoms with van der Waals surface area (Å²) >= 11 is 11.3. The lowest BCUT2D eigenvalue weighted by molar-refractivity contribution is 0.0672. The van der Waals surface area contributed by atoms with Gasteiger partial charge >= 0.3 is 0 Å². The van der Waals surface area contributed by atoms with Gasteiger partial charge in [-0.15, -0.1) is 11.8 Å². The predicted octanol–water partition coefficient (Wildman–Crippen LogP) is 4.70. The Labute approximate surface area is 138 Å². The number of hydrogen-bond acceptors (Lipinski definition) is 2. The van der Waals surface area contributed by atoms with E-state index < -0.39 is 0 Å². The molecule has 1 atom stereocenters. The first kappa shape index (κ1) is 16.2. The minimum atomic E-state index is 0.0742. The molecule has 110 valence electrons. The Kier molecular flexibility index (Phi) is 6.24. The molecule has 2 nitrogen and oxygen atoms in total. The van der Waals surface area contributed by atoms with E-state index in [0.717, 1.165) is 36.2 Å². The van der Waals surface area contributed by atoms with Crippen LogP contribution in [-0.4, -0.2) is 35.5 Å². The number of likely N-dealkylation sites (tertiary alicyclic amines) is 1. The molecule has 1 aromatic carbocycles. The van der Waals surface area contributed by atoms with Crippen molar-refractivity contribution in [3.8, 4) is 0 Å². The van der Waals surface area contributed by atoms with Crippen molar-refractivity contribution in [3.05, 3.63) is 28.8 Å². The molecule has 1 aromatic rings. The fourth-order valence-electron chi connectivity index (χ4n) is 2.61. The summed E-state index contributed by atoms with van der Waals surface area (Å²) < 4.78 is 0. The quantitative estimate of drug-likeness (QED) is 0.561. The summed E-state index contributed by atoms with van der Waals surface area (Å²) in [5.41, 5.74) is 0.637. The molecule has 1 unspecified atom stereocenters. The average molecular weight is 377 g/mol. The van der Waals surface area contributed by atoms with E-state index in [4.69, 9.17) is 11.6 Å². The number of carbonyl (C=O) groups is 1. The minimum Gasteiger partial charge on any atom is -0.338 e.